The summed E-state index contributed by atoms with van der Waals surface area (Å²) in [4.78, 5) is 37.6. The van der Waals surface area contributed by atoms with Gasteiger partial charge in [-0.15, -0.1) is 0 Å². The summed E-state index contributed by atoms with van der Waals surface area (Å²) in [6.07, 6.45) is 2.51. The fourth-order valence-electron chi connectivity index (χ4n) is 6.53. The summed E-state index contributed by atoms with van der Waals surface area (Å²) in [7, 11) is 0. The van der Waals surface area contributed by atoms with Crippen LogP contribution in [0.4, 0.5) is 0 Å². The minimum Gasteiger partial charge on any atom is -0.483 e. The van der Waals surface area contributed by atoms with Crippen LogP contribution >= 0.6 is 0 Å². The van der Waals surface area contributed by atoms with Crippen molar-refractivity contribution in [3.8, 4) is 0 Å². The molecule has 5 saturated heterocycles. The van der Waals surface area contributed by atoms with Gasteiger partial charge in [-0.05, 0) is 43.6 Å². The van der Waals surface area contributed by atoms with Gasteiger partial charge in [0.1, 0.15) is 5.76 Å². The van der Waals surface area contributed by atoms with Crippen LogP contribution in [0, 0.1) is 5.92 Å². The second-order valence-electron chi connectivity index (χ2n) is 10.2. The van der Waals surface area contributed by atoms with Crippen LogP contribution in [0.25, 0.3) is 0 Å². The van der Waals surface area contributed by atoms with Crippen LogP contribution in [0.1, 0.15) is 34.7 Å². The van der Waals surface area contributed by atoms with Gasteiger partial charge in [0.2, 0.25) is 0 Å². The van der Waals surface area contributed by atoms with Gasteiger partial charge in [-0.2, -0.15) is 0 Å². The van der Waals surface area contributed by atoms with E-state index in [1.807, 2.05) is 12.1 Å². The Morgan fingerprint density at radius 1 is 0.946 bits per heavy atom. The second kappa shape index (κ2) is 12.4. The molecule has 5 aliphatic rings. The normalized spacial score (nSPS) is 29.7. The van der Waals surface area contributed by atoms with Gasteiger partial charge in [-0.25, -0.2) is 0 Å². The zero-order valence-corrected chi connectivity index (χ0v) is 21.0. The molecule has 5 fully saturated rings. The molecule has 1 amide bonds. The number of carbonyl (C=O) groups excluding carboxylic acids is 1. The van der Waals surface area contributed by atoms with Crippen LogP contribution in [-0.4, -0.2) is 102 Å². The first kappa shape index (κ1) is 26.8. The van der Waals surface area contributed by atoms with Crippen molar-refractivity contribution in [3.63, 3.8) is 0 Å². The van der Waals surface area contributed by atoms with E-state index in [0.29, 0.717) is 11.7 Å². The van der Waals surface area contributed by atoms with E-state index in [2.05, 4.69) is 50.3 Å². The molecule has 10 nitrogen and oxygen atoms in total. The number of nitrogens with zero attached hydrogens (tertiary/aromatic N) is 3. The summed E-state index contributed by atoms with van der Waals surface area (Å²) in [5.41, 5.74) is 1.27. The number of benzene rings is 1. The molecule has 10 heteroatoms. The van der Waals surface area contributed by atoms with Crippen molar-refractivity contribution in [2.45, 2.75) is 30.8 Å². The molecular weight excluding hydrogens is 476 g/mol. The third-order valence-corrected chi connectivity index (χ3v) is 7.89. The van der Waals surface area contributed by atoms with Crippen LogP contribution < -0.4 is 5.32 Å². The number of carboxylic acid groups (broad SMARTS) is 2. The highest BCUT2D eigenvalue weighted by Gasteiger charge is 2.55. The summed E-state index contributed by atoms with van der Waals surface area (Å²) < 4.78 is 5.99. The minimum absolute atomic E-state index is 0.0656. The van der Waals surface area contributed by atoms with Crippen molar-refractivity contribution in [2.75, 3.05) is 52.4 Å². The molecule has 5 aliphatic heterocycles. The van der Waals surface area contributed by atoms with Gasteiger partial charge in [0.15, 0.2) is 5.76 Å². The topological polar surface area (TPSA) is 127 Å². The molecule has 7 rings (SSSR count). The predicted octanol–water partition coefficient (Wildman–Crippen LogP) is 1.57. The van der Waals surface area contributed by atoms with Gasteiger partial charge in [0.25, 0.3) is 18.9 Å². The summed E-state index contributed by atoms with van der Waals surface area (Å²) in [5, 5.41) is 17.2. The van der Waals surface area contributed by atoms with Crippen LogP contribution in [0.3, 0.4) is 0 Å². The summed E-state index contributed by atoms with van der Waals surface area (Å²) in [5.74, 6) is 1.71. The zero-order chi connectivity index (χ0) is 26.3. The van der Waals surface area contributed by atoms with E-state index in [4.69, 9.17) is 24.2 Å². The molecule has 0 aliphatic carbocycles. The van der Waals surface area contributed by atoms with E-state index in [1.54, 1.807) is 0 Å². The lowest BCUT2D eigenvalue weighted by Crippen LogP contribution is -2.70. The number of carbonyl (C=O) groups is 3. The summed E-state index contributed by atoms with van der Waals surface area (Å²) >= 11 is 0. The summed E-state index contributed by atoms with van der Waals surface area (Å²) in [6, 6.07) is 14.8. The quantitative estimate of drug-likeness (QED) is 0.512. The molecule has 3 atom stereocenters. The lowest BCUT2D eigenvalue weighted by molar-refractivity contribution is -0.123. The number of likely N-dealkylation sites (tertiary alicyclic amines) is 1. The average molecular weight is 513 g/mol. The highest BCUT2D eigenvalue weighted by molar-refractivity contribution is 5.92. The number of rotatable bonds is 5. The third kappa shape index (κ3) is 6.03. The molecule has 4 bridgehead atoms. The monoisotopic (exact) mass is 512 g/mol. The molecule has 1 aromatic carbocycles. The van der Waals surface area contributed by atoms with Gasteiger partial charge in [-0.3, -0.25) is 19.3 Å². The fourth-order valence-corrected chi connectivity index (χ4v) is 6.53. The first-order valence-electron chi connectivity index (χ1n) is 12.8. The Morgan fingerprint density at radius 3 is 2.14 bits per heavy atom. The van der Waals surface area contributed by atoms with Gasteiger partial charge in [-0.1, -0.05) is 30.3 Å². The van der Waals surface area contributed by atoms with Crippen molar-refractivity contribution in [3.05, 3.63) is 59.5 Å². The molecule has 3 N–H and O–H groups in total. The largest absolute Gasteiger partial charge is 0.483 e. The van der Waals surface area contributed by atoms with Crippen LogP contribution in [0.15, 0.2) is 46.9 Å². The molecule has 3 unspecified atom stereocenters. The maximum Gasteiger partial charge on any atom is 0.290 e. The Morgan fingerprint density at radius 2 is 1.54 bits per heavy atom. The van der Waals surface area contributed by atoms with E-state index in [9.17, 15) is 4.79 Å². The zero-order valence-electron chi connectivity index (χ0n) is 21.0. The van der Waals surface area contributed by atoms with Crippen LogP contribution in [-0.2, 0) is 21.5 Å². The standard InChI is InChI=1S/C25H32N4O2.2CH2O2/c30-24(22-9-8-21(31-22)16-27-10-4-5-11-27)26-23-19-14-28-12-13-29(15-19)18-25(23,17-28)20-6-2-1-3-7-20;2*2-1-3/h1-3,6-9,19,23H,4-5,10-18H2,(H,26,30);2*1H,(H,2,3). The Balaban J connectivity index is 0.000000489. The molecule has 2 aromatic rings. The van der Waals surface area contributed by atoms with Crippen LogP contribution in [0.2, 0.25) is 0 Å². The number of furan rings is 1. The molecule has 6 heterocycles. The number of hydrogen-bond acceptors (Lipinski definition) is 7. The van der Waals surface area contributed by atoms with Crippen molar-refractivity contribution in [1.29, 1.82) is 0 Å². The Kier molecular flexibility index (Phi) is 8.96. The van der Waals surface area contributed by atoms with Crippen molar-refractivity contribution in [2.24, 2.45) is 5.92 Å². The SMILES string of the molecule is O=C(NC1C2CN3CCN(C2)CC1(c1ccccc1)C3)c1ccc(CN2CCCC2)o1.O=CO.O=CO. The maximum absolute atomic E-state index is 13.3. The lowest BCUT2D eigenvalue weighted by atomic mass is 9.64. The fraction of sp³-hybridized carbons (Fsp3) is 0.519. The van der Waals surface area contributed by atoms with E-state index >= 15 is 0 Å². The number of nitrogens with one attached hydrogen (secondary N) is 1. The molecule has 200 valence electrons. The predicted molar refractivity (Wildman–Crippen MR) is 136 cm³/mol. The highest BCUT2D eigenvalue weighted by Crippen LogP contribution is 2.43. The van der Waals surface area contributed by atoms with Crippen molar-refractivity contribution in [1.82, 2.24) is 20.0 Å². The Hall–Kier alpha value is -3.21. The highest BCUT2D eigenvalue weighted by atomic mass is 16.4. The smallest absolute Gasteiger partial charge is 0.290 e. The lowest BCUT2D eigenvalue weighted by Gasteiger charge is -2.55. The van der Waals surface area contributed by atoms with Crippen LogP contribution in [0.5, 0.6) is 0 Å². The number of piperidine rings is 2. The van der Waals surface area contributed by atoms with E-state index in [-0.39, 0.29) is 30.3 Å². The minimum atomic E-state index is -0.250. The van der Waals surface area contributed by atoms with E-state index < -0.39 is 0 Å². The number of amides is 1. The Labute approximate surface area is 216 Å². The average Bonchev–Trinajstić information content (AvgIpc) is 3.51. The van der Waals surface area contributed by atoms with E-state index in [1.165, 1.54) is 18.4 Å². The molecule has 0 radical (unpaired) electrons. The van der Waals surface area contributed by atoms with Gasteiger partial charge >= 0.3 is 0 Å². The number of fused-ring (bicyclic) bond motifs is 1. The summed E-state index contributed by atoms with van der Waals surface area (Å²) in [6.45, 7) is 8.95. The molecule has 37 heavy (non-hydrogen) atoms. The first-order chi connectivity index (χ1) is 18.0. The Bertz CT molecular complexity index is 1020. The van der Waals surface area contributed by atoms with Gasteiger partial charge in [0.05, 0.1) is 6.54 Å². The third-order valence-electron chi connectivity index (χ3n) is 7.89. The second-order valence-corrected chi connectivity index (χ2v) is 10.2. The van der Waals surface area contributed by atoms with Gasteiger partial charge in [0, 0.05) is 56.6 Å². The first-order valence-corrected chi connectivity index (χ1v) is 12.8. The maximum atomic E-state index is 13.3. The van der Waals surface area contributed by atoms with E-state index in [0.717, 1.165) is 64.7 Å². The van der Waals surface area contributed by atoms with Gasteiger partial charge < -0.3 is 29.7 Å². The molecular formula is C27H36N4O6. The molecule has 0 saturated carbocycles. The molecule has 0 spiro atoms. The molecule has 1 aromatic heterocycles. The van der Waals surface area contributed by atoms with Crippen molar-refractivity contribution < 1.29 is 29.0 Å². The van der Waals surface area contributed by atoms with Crippen molar-refractivity contribution >= 4 is 18.9 Å². The number of hydrogen-bond donors (Lipinski definition) is 3.